The molecule has 0 unspecified atom stereocenters. The molecule has 1 heterocycles. The van der Waals surface area contributed by atoms with E-state index in [1.54, 1.807) is 11.9 Å². The maximum Gasteiger partial charge on any atom is 0.309 e. The maximum atomic E-state index is 12.0. The molecule has 0 bridgehead atoms. The molecule has 1 aliphatic rings. The highest BCUT2D eigenvalue weighted by Gasteiger charge is 2.41. The van der Waals surface area contributed by atoms with Gasteiger partial charge in [-0.3, -0.25) is 14.4 Å². The van der Waals surface area contributed by atoms with Crippen LogP contribution in [-0.4, -0.2) is 59.4 Å². The van der Waals surface area contributed by atoms with Crippen LogP contribution in [0.15, 0.2) is 0 Å². The molecule has 0 radical (unpaired) electrons. The second-order valence-electron chi connectivity index (χ2n) is 5.59. The molecule has 1 aliphatic heterocycles. The number of hydrogen-bond donors (Lipinski definition) is 1. The van der Waals surface area contributed by atoms with Crippen molar-refractivity contribution < 1.29 is 19.5 Å². The van der Waals surface area contributed by atoms with Gasteiger partial charge in [-0.15, -0.1) is 0 Å². The lowest BCUT2D eigenvalue weighted by molar-refractivity contribution is -0.155. The van der Waals surface area contributed by atoms with E-state index >= 15 is 0 Å². The molecule has 1 rings (SSSR count). The fourth-order valence-corrected chi connectivity index (χ4v) is 2.65. The Morgan fingerprint density at radius 3 is 2.20 bits per heavy atom. The van der Waals surface area contributed by atoms with Crippen LogP contribution in [0.5, 0.6) is 0 Å². The van der Waals surface area contributed by atoms with Gasteiger partial charge in [0, 0.05) is 27.1 Å². The summed E-state index contributed by atoms with van der Waals surface area (Å²) in [6.45, 7) is 4.36. The number of carboxylic acid groups (broad SMARTS) is 1. The van der Waals surface area contributed by atoms with Crippen LogP contribution < -0.4 is 0 Å². The Kier molecular flexibility index (Phi) is 5.53. The molecule has 0 aliphatic carbocycles. The number of rotatable bonds is 5. The van der Waals surface area contributed by atoms with Crippen molar-refractivity contribution in [3.05, 3.63) is 0 Å². The van der Waals surface area contributed by atoms with Gasteiger partial charge in [-0.2, -0.15) is 0 Å². The summed E-state index contributed by atoms with van der Waals surface area (Å²) in [7, 11) is 1.59. The second kappa shape index (κ2) is 6.72. The van der Waals surface area contributed by atoms with Gasteiger partial charge in [0.2, 0.25) is 11.8 Å². The molecule has 0 saturated carbocycles. The van der Waals surface area contributed by atoms with E-state index < -0.39 is 11.4 Å². The summed E-state index contributed by atoms with van der Waals surface area (Å²) in [4.78, 5) is 37.6. The van der Waals surface area contributed by atoms with Crippen molar-refractivity contribution in [1.29, 1.82) is 0 Å². The molecular formula is C14H24N2O4. The third kappa shape index (κ3) is 3.71. The molecule has 6 heteroatoms. The number of aliphatic carboxylic acids is 1. The first-order valence-electron chi connectivity index (χ1n) is 7.05. The molecule has 0 aromatic carbocycles. The number of likely N-dealkylation sites (N-methyl/N-ethyl adjacent to an activating group) is 1. The molecule has 20 heavy (non-hydrogen) atoms. The molecule has 1 fully saturated rings. The predicted octanol–water partition coefficient (Wildman–Crippen LogP) is 0.958. The minimum Gasteiger partial charge on any atom is -0.481 e. The van der Waals surface area contributed by atoms with Gasteiger partial charge in [-0.25, -0.2) is 0 Å². The zero-order chi connectivity index (χ0) is 15.3. The quantitative estimate of drug-likeness (QED) is 0.815. The van der Waals surface area contributed by atoms with E-state index in [1.807, 2.05) is 6.92 Å². The molecule has 1 N–H and O–H groups in total. The summed E-state index contributed by atoms with van der Waals surface area (Å²) >= 11 is 0. The number of nitrogens with zero attached hydrogens (tertiary/aromatic N) is 2. The van der Waals surface area contributed by atoms with E-state index in [1.165, 1.54) is 11.8 Å². The van der Waals surface area contributed by atoms with Gasteiger partial charge >= 0.3 is 5.97 Å². The van der Waals surface area contributed by atoms with E-state index in [0.717, 1.165) is 6.42 Å². The highest BCUT2D eigenvalue weighted by atomic mass is 16.4. The van der Waals surface area contributed by atoms with E-state index in [2.05, 4.69) is 0 Å². The number of piperidine rings is 1. The van der Waals surface area contributed by atoms with E-state index in [4.69, 9.17) is 0 Å². The smallest absolute Gasteiger partial charge is 0.309 e. The van der Waals surface area contributed by atoms with Crippen molar-refractivity contribution >= 4 is 17.8 Å². The lowest BCUT2D eigenvalue weighted by atomic mass is 9.75. The molecule has 1 saturated heterocycles. The lowest BCUT2D eigenvalue weighted by Crippen LogP contribution is -2.49. The molecule has 0 atom stereocenters. The average Bonchev–Trinajstić information content (AvgIpc) is 2.39. The summed E-state index contributed by atoms with van der Waals surface area (Å²) in [5, 5.41) is 9.41. The summed E-state index contributed by atoms with van der Waals surface area (Å²) in [6, 6.07) is 0. The van der Waals surface area contributed by atoms with Crippen molar-refractivity contribution in [2.24, 2.45) is 5.41 Å². The zero-order valence-corrected chi connectivity index (χ0v) is 12.5. The molecule has 0 aromatic heterocycles. The minimum absolute atomic E-state index is 0.0587. The largest absolute Gasteiger partial charge is 0.481 e. The van der Waals surface area contributed by atoms with Crippen LogP contribution in [0.3, 0.4) is 0 Å². The first-order valence-corrected chi connectivity index (χ1v) is 7.05. The Morgan fingerprint density at radius 1 is 1.25 bits per heavy atom. The Morgan fingerprint density at radius 2 is 1.80 bits per heavy atom. The Labute approximate surface area is 119 Å². The van der Waals surface area contributed by atoms with E-state index in [9.17, 15) is 19.5 Å². The monoisotopic (exact) mass is 284 g/mol. The summed E-state index contributed by atoms with van der Waals surface area (Å²) in [5.74, 6) is -1.02. The summed E-state index contributed by atoms with van der Waals surface area (Å²) < 4.78 is 0. The molecule has 2 amide bonds. The Hall–Kier alpha value is -1.59. The van der Waals surface area contributed by atoms with Crippen LogP contribution in [0.25, 0.3) is 0 Å². The lowest BCUT2D eigenvalue weighted by Gasteiger charge is -2.39. The Balaban J connectivity index is 2.58. The zero-order valence-electron chi connectivity index (χ0n) is 12.5. The van der Waals surface area contributed by atoms with E-state index in [-0.39, 0.29) is 18.4 Å². The van der Waals surface area contributed by atoms with Crippen LogP contribution >= 0.6 is 0 Å². The third-order valence-electron chi connectivity index (χ3n) is 4.17. The van der Waals surface area contributed by atoms with Crippen molar-refractivity contribution in [1.82, 2.24) is 9.80 Å². The summed E-state index contributed by atoms with van der Waals surface area (Å²) in [6.07, 6.45) is 2.46. The van der Waals surface area contributed by atoms with Crippen molar-refractivity contribution in [2.45, 2.75) is 39.5 Å². The van der Waals surface area contributed by atoms with E-state index in [0.29, 0.717) is 32.4 Å². The average molecular weight is 284 g/mol. The number of hydrogen-bond acceptors (Lipinski definition) is 3. The van der Waals surface area contributed by atoms with Crippen LogP contribution in [0.1, 0.15) is 39.5 Å². The first-order chi connectivity index (χ1) is 9.32. The van der Waals surface area contributed by atoms with Crippen molar-refractivity contribution in [3.63, 3.8) is 0 Å². The molecular weight excluding hydrogens is 260 g/mol. The van der Waals surface area contributed by atoms with Gasteiger partial charge in [0.05, 0.1) is 12.0 Å². The first kappa shape index (κ1) is 16.5. The standard InChI is InChI=1S/C14H24N2O4/c1-4-5-14(13(19)20)6-8-16(9-7-14)12(18)10-15(3)11(2)17/h4-10H2,1-3H3,(H,19,20). The van der Waals surface area contributed by atoms with Crippen LogP contribution in [-0.2, 0) is 14.4 Å². The minimum atomic E-state index is -0.757. The fourth-order valence-electron chi connectivity index (χ4n) is 2.65. The van der Waals surface area contributed by atoms with Gasteiger partial charge in [-0.05, 0) is 19.3 Å². The van der Waals surface area contributed by atoms with Gasteiger partial charge in [0.15, 0.2) is 0 Å². The van der Waals surface area contributed by atoms with Crippen molar-refractivity contribution in [3.8, 4) is 0 Å². The third-order valence-corrected chi connectivity index (χ3v) is 4.17. The second-order valence-corrected chi connectivity index (χ2v) is 5.59. The van der Waals surface area contributed by atoms with Gasteiger partial charge in [0.25, 0.3) is 0 Å². The maximum absolute atomic E-state index is 12.0. The normalized spacial score (nSPS) is 17.6. The number of likely N-dealkylation sites (tertiary alicyclic amines) is 1. The number of carboxylic acids is 1. The molecule has 0 spiro atoms. The van der Waals surface area contributed by atoms with Crippen LogP contribution in [0.4, 0.5) is 0 Å². The fraction of sp³-hybridized carbons (Fsp3) is 0.786. The number of carbonyl (C=O) groups is 3. The molecule has 6 nitrogen and oxygen atoms in total. The predicted molar refractivity (Wildman–Crippen MR) is 74.1 cm³/mol. The molecule has 0 aromatic rings. The van der Waals surface area contributed by atoms with Crippen molar-refractivity contribution in [2.75, 3.05) is 26.7 Å². The van der Waals surface area contributed by atoms with Gasteiger partial charge < -0.3 is 14.9 Å². The number of amides is 2. The number of carbonyl (C=O) groups excluding carboxylic acids is 2. The SMILES string of the molecule is CCCC1(C(=O)O)CCN(C(=O)CN(C)C(C)=O)CC1. The Bertz CT molecular complexity index is 387. The van der Waals surface area contributed by atoms with Crippen LogP contribution in [0.2, 0.25) is 0 Å². The summed E-state index contributed by atoms with van der Waals surface area (Å²) in [5.41, 5.74) is -0.683. The van der Waals surface area contributed by atoms with Crippen LogP contribution in [0, 0.1) is 5.41 Å². The highest BCUT2D eigenvalue weighted by Crippen LogP contribution is 2.36. The van der Waals surface area contributed by atoms with Gasteiger partial charge in [-0.1, -0.05) is 13.3 Å². The topological polar surface area (TPSA) is 77.9 Å². The highest BCUT2D eigenvalue weighted by molar-refractivity contribution is 5.84. The molecule has 114 valence electrons. The van der Waals surface area contributed by atoms with Gasteiger partial charge in [0.1, 0.15) is 0 Å².